The second-order valence-electron chi connectivity index (χ2n) is 9.80. The maximum Gasteiger partial charge on any atom is 0.387 e. The molecule has 0 radical (unpaired) electrons. The van der Waals surface area contributed by atoms with E-state index in [2.05, 4.69) is 10.1 Å². The lowest BCUT2D eigenvalue weighted by Crippen LogP contribution is -2.26. The zero-order valence-electron chi connectivity index (χ0n) is 24.8. The number of halogens is 5. The van der Waals surface area contributed by atoms with Crippen LogP contribution in [0.3, 0.4) is 0 Å². The average molecular weight is 728 g/mol. The number of carbonyl (C=O) groups excluding carboxylic acids is 1. The quantitative estimate of drug-likeness (QED) is 0.0954. The fourth-order valence-electron chi connectivity index (χ4n) is 3.97. The second-order valence-corrected chi connectivity index (χ2v) is 13.2. The molecular formula is C29H31Cl3F2N2O9S. The Morgan fingerprint density at radius 2 is 1.65 bits per heavy atom. The molecule has 252 valence electrons. The molecule has 0 bridgehead atoms. The van der Waals surface area contributed by atoms with Gasteiger partial charge in [0.15, 0.2) is 35.4 Å². The molecule has 17 heteroatoms. The van der Waals surface area contributed by atoms with Crippen LogP contribution in [0.4, 0.5) is 8.78 Å². The Balaban J connectivity index is 0.000000344. The molecule has 0 aliphatic heterocycles. The normalized spacial score (nSPS) is 13.3. The van der Waals surface area contributed by atoms with Crippen LogP contribution in [0.1, 0.15) is 30.1 Å². The van der Waals surface area contributed by atoms with Gasteiger partial charge in [-0.25, -0.2) is 8.42 Å². The molecule has 1 N–H and O–H groups in total. The summed E-state index contributed by atoms with van der Waals surface area (Å²) in [6.45, 7) is -2.70. The number of likely N-dealkylation sites (N-methyl/N-ethyl adjacent to an activating group) is 1. The summed E-state index contributed by atoms with van der Waals surface area (Å²) in [6.07, 6.45) is 3.47. The van der Waals surface area contributed by atoms with E-state index in [0.29, 0.717) is 39.9 Å². The number of carbonyl (C=O) groups is 1. The predicted octanol–water partition coefficient (Wildman–Crippen LogP) is 5.69. The van der Waals surface area contributed by atoms with Gasteiger partial charge in [0.25, 0.3) is 9.05 Å². The summed E-state index contributed by atoms with van der Waals surface area (Å²) in [4.78, 5) is 12.2. The van der Waals surface area contributed by atoms with Crippen molar-refractivity contribution in [2.75, 3.05) is 34.4 Å². The lowest BCUT2D eigenvalue weighted by molar-refractivity contribution is -0.605. The molecule has 0 unspecified atom stereocenters. The van der Waals surface area contributed by atoms with E-state index in [9.17, 15) is 27.2 Å². The molecule has 1 saturated carbocycles. The topological polar surface area (TPSA) is 136 Å². The van der Waals surface area contributed by atoms with Gasteiger partial charge in [-0.05, 0) is 55.6 Å². The van der Waals surface area contributed by atoms with E-state index in [4.69, 9.17) is 52.8 Å². The number of esters is 1. The molecular weight excluding hydrogens is 697 g/mol. The largest absolute Gasteiger partial charge is 0.619 e. The van der Waals surface area contributed by atoms with Crippen LogP contribution < -0.4 is 29.0 Å². The zero-order chi connectivity index (χ0) is 34.0. The smallest absolute Gasteiger partial charge is 0.387 e. The Morgan fingerprint density at radius 3 is 2.20 bits per heavy atom. The molecule has 1 atom stereocenters. The van der Waals surface area contributed by atoms with Crippen LogP contribution in [-0.4, -0.2) is 55.4 Å². The van der Waals surface area contributed by atoms with Crippen molar-refractivity contribution in [3.05, 3.63) is 75.2 Å². The first-order chi connectivity index (χ1) is 21.7. The number of hydrogen-bond acceptors (Lipinski definition) is 10. The van der Waals surface area contributed by atoms with Crippen molar-refractivity contribution in [1.82, 2.24) is 5.32 Å². The fraction of sp³-hybridized carbons (Fsp3) is 0.379. The number of ether oxygens (including phenoxy) is 5. The molecule has 0 spiro atoms. The van der Waals surface area contributed by atoms with Crippen molar-refractivity contribution in [1.29, 1.82) is 0 Å². The van der Waals surface area contributed by atoms with E-state index in [1.165, 1.54) is 50.6 Å². The van der Waals surface area contributed by atoms with Crippen molar-refractivity contribution < 1.29 is 50.4 Å². The number of pyridine rings is 1. The van der Waals surface area contributed by atoms with Gasteiger partial charge < -0.3 is 34.2 Å². The van der Waals surface area contributed by atoms with Crippen molar-refractivity contribution in [3.8, 4) is 23.0 Å². The molecule has 1 fully saturated rings. The van der Waals surface area contributed by atoms with E-state index in [0.717, 1.165) is 25.2 Å². The van der Waals surface area contributed by atoms with Crippen molar-refractivity contribution in [3.63, 3.8) is 0 Å². The molecule has 1 heterocycles. The summed E-state index contributed by atoms with van der Waals surface area (Å²) in [6, 6.07) is 8.47. The monoisotopic (exact) mass is 726 g/mol. The minimum Gasteiger partial charge on any atom is -0.619 e. The third-order valence-corrected chi connectivity index (χ3v) is 8.41. The number of nitrogens with zero attached hydrogens (tertiary/aromatic N) is 1. The lowest BCUT2D eigenvalue weighted by Gasteiger charge is -2.21. The van der Waals surface area contributed by atoms with Gasteiger partial charge in [-0.15, -0.1) is 0 Å². The minimum absolute atomic E-state index is 0.0168. The minimum atomic E-state index is -3.72. The summed E-state index contributed by atoms with van der Waals surface area (Å²) < 4.78 is 73.8. The number of rotatable bonds is 14. The molecule has 0 amide bonds. The summed E-state index contributed by atoms with van der Waals surface area (Å²) >= 11 is 12.4. The molecule has 0 saturated heterocycles. The number of aromatic nitrogens is 1. The van der Waals surface area contributed by atoms with Crippen LogP contribution >= 0.6 is 33.9 Å². The number of methoxy groups -OCH3 is 2. The zero-order valence-corrected chi connectivity index (χ0v) is 27.9. The molecule has 3 aromatic rings. The van der Waals surface area contributed by atoms with Gasteiger partial charge in [-0.3, -0.25) is 4.79 Å². The number of alkyl halides is 2. The number of benzene rings is 2. The standard InChI is InChI=1S/C21H22Cl2F2N2O5.C8H9ClO4S/c1-26-8-20(28)31-18(7-14-15(22)9-27(29)10-16(14)23)13-4-5-17(32-21(24)25)19(6-13)30-11-12-2-3-12;1-12-7-4-3-6(14(9,10)11)5-8(7)13-2/h4-6,9-10,12,18,21,26H,2-3,7-8,11H2,1H3;3-5H,1-2H3/t18-;/m0./s1. The van der Waals surface area contributed by atoms with Gasteiger partial charge in [-0.1, -0.05) is 29.3 Å². The van der Waals surface area contributed by atoms with Crippen LogP contribution in [0.25, 0.3) is 0 Å². The van der Waals surface area contributed by atoms with Crippen molar-refractivity contribution in [2.24, 2.45) is 5.92 Å². The third-order valence-electron chi connectivity index (χ3n) is 6.41. The highest BCUT2D eigenvalue weighted by molar-refractivity contribution is 8.13. The van der Waals surface area contributed by atoms with Crippen LogP contribution in [0.15, 0.2) is 53.7 Å². The Kier molecular flexibility index (Phi) is 13.8. The van der Waals surface area contributed by atoms with E-state index in [1.54, 1.807) is 7.05 Å². The van der Waals surface area contributed by atoms with Gasteiger partial charge in [0.2, 0.25) is 0 Å². The van der Waals surface area contributed by atoms with E-state index in [-0.39, 0.29) is 39.4 Å². The highest BCUT2D eigenvalue weighted by Crippen LogP contribution is 2.38. The first-order valence-corrected chi connectivity index (χ1v) is 16.6. The van der Waals surface area contributed by atoms with Crippen molar-refractivity contribution in [2.45, 2.75) is 36.9 Å². The molecule has 1 aromatic heterocycles. The van der Waals surface area contributed by atoms with Gasteiger partial charge in [0.1, 0.15) is 16.1 Å². The summed E-state index contributed by atoms with van der Waals surface area (Å²) in [7, 11) is 5.91. The number of nitrogens with one attached hydrogen (secondary N) is 1. The maximum atomic E-state index is 12.8. The summed E-state index contributed by atoms with van der Waals surface area (Å²) in [5, 5.41) is 14.5. The van der Waals surface area contributed by atoms with Crippen LogP contribution in [0.5, 0.6) is 23.0 Å². The molecule has 2 aromatic carbocycles. The maximum absolute atomic E-state index is 12.8. The molecule has 46 heavy (non-hydrogen) atoms. The van der Waals surface area contributed by atoms with Crippen molar-refractivity contribution >= 4 is 48.9 Å². The Morgan fingerprint density at radius 1 is 1.02 bits per heavy atom. The number of hydrogen-bond donors (Lipinski definition) is 1. The molecule has 1 aliphatic carbocycles. The Bertz CT molecular complexity index is 1590. The van der Waals surface area contributed by atoms with Crippen LogP contribution in [0.2, 0.25) is 10.0 Å². The van der Waals surface area contributed by atoms with E-state index in [1.807, 2.05) is 0 Å². The summed E-state index contributed by atoms with van der Waals surface area (Å²) in [5.41, 5.74) is 0.865. The van der Waals surface area contributed by atoms with Gasteiger partial charge in [0, 0.05) is 28.7 Å². The highest BCUT2D eigenvalue weighted by atomic mass is 35.7. The predicted molar refractivity (Wildman–Crippen MR) is 166 cm³/mol. The molecule has 1 aliphatic rings. The summed E-state index contributed by atoms with van der Waals surface area (Å²) in [5.74, 6) is 0.613. The highest BCUT2D eigenvalue weighted by Gasteiger charge is 2.26. The fourth-order valence-corrected chi connectivity index (χ4v) is 5.34. The molecule has 11 nitrogen and oxygen atoms in total. The Hall–Kier alpha value is -3.30. The van der Waals surface area contributed by atoms with Crippen LogP contribution in [-0.2, 0) is 25.0 Å². The SMILES string of the molecule is CNCC(=O)O[C@@H](Cc1c(Cl)c[n+]([O-])cc1Cl)c1ccc(OC(F)F)c(OCC2CC2)c1.COc1ccc(S(=O)(=O)Cl)cc1OC. The first kappa shape index (κ1) is 37.2. The lowest BCUT2D eigenvalue weighted by atomic mass is 10.0. The van der Waals surface area contributed by atoms with Gasteiger partial charge in [0.05, 0.1) is 32.3 Å². The average Bonchev–Trinajstić information content (AvgIpc) is 3.82. The Labute approximate surface area is 279 Å². The molecule has 4 rings (SSSR count). The second kappa shape index (κ2) is 17.0. The van der Waals surface area contributed by atoms with Gasteiger partial charge in [-0.2, -0.15) is 13.5 Å². The first-order valence-electron chi connectivity index (χ1n) is 13.5. The van der Waals surface area contributed by atoms with E-state index >= 15 is 0 Å². The van der Waals surface area contributed by atoms with E-state index < -0.39 is 27.7 Å². The third kappa shape index (κ3) is 11.2. The van der Waals surface area contributed by atoms with Crippen LogP contribution in [0, 0.1) is 11.1 Å². The van der Waals surface area contributed by atoms with Gasteiger partial charge >= 0.3 is 12.6 Å².